The van der Waals surface area contributed by atoms with Gasteiger partial charge in [-0.25, -0.2) is 0 Å². The third-order valence-electron chi connectivity index (χ3n) is 3.01. The number of benzene rings is 1. The molecule has 1 aromatic heterocycles. The quantitative estimate of drug-likeness (QED) is 0.901. The van der Waals surface area contributed by atoms with E-state index in [1.165, 1.54) is 0 Å². The summed E-state index contributed by atoms with van der Waals surface area (Å²) in [5, 5.41) is 10.5. The minimum Gasteiger partial charge on any atom is -0.495 e. The molecule has 0 aliphatic heterocycles. The van der Waals surface area contributed by atoms with Crippen molar-refractivity contribution >= 4 is 0 Å². The van der Waals surface area contributed by atoms with Gasteiger partial charge in [0.25, 0.3) is 0 Å². The van der Waals surface area contributed by atoms with Gasteiger partial charge in [0.05, 0.1) is 7.11 Å². The number of aryl methyl sites for hydroxylation is 2. The Morgan fingerprint density at radius 3 is 2.72 bits per heavy atom. The van der Waals surface area contributed by atoms with E-state index in [-0.39, 0.29) is 0 Å². The smallest absolute Gasteiger partial charge is 0.143 e. The summed E-state index contributed by atoms with van der Waals surface area (Å²) in [5.41, 5.74) is 3.58. The number of hydrogen-bond donors (Lipinski definition) is 1. The zero-order valence-electron chi connectivity index (χ0n) is 10.8. The van der Waals surface area contributed by atoms with Crippen molar-refractivity contribution in [1.82, 2.24) is 4.98 Å². The van der Waals surface area contributed by atoms with Crippen LogP contribution < -0.4 is 4.74 Å². The van der Waals surface area contributed by atoms with Gasteiger partial charge in [-0.1, -0.05) is 23.8 Å². The van der Waals surface area contributed by atoms with Crippen molar-refractivity contribution in [2.75, 3.05) is 7.11 Å². The van der Waals surface area contributed by atoms with Crippen LogP contribution in [-0.2, 0) is 0 Å². The molecule has 1 N–H and O–H groups in total. The lowest BCUT2D eigenvalue weighted by Crippen LogP contribution is -2.06. The van der Waals surface area contributed by atoms with E-state index >= 15 is 0 Å². The van der Waals surface area contributed by atoms with Crippen LogP contribution in [0.5, 0.6) is 5.75 Å². The molecule has 0 aliphatic carbocycles. The summed E-state index contributed by atoms with van der Waals surface area (Å²) in [6.45, 7) is 3.98. The highest BCUT2D eigenvalue weighted by atomic mass is 16.5. The Balaban J connectivity index is 2.47. The number of aliphatic hydroxyl groups excluding tert-OH is 1. The van der Waals surface area contributed by atoms with Crippen LogP contribution in [0.2, 0.25) is 0 Å². The van der Waals surface area contributed by atoms with E-state index in [1.807, 2.05) is 32.0 Å². The molecule has 0 amide bonds. The number of ether oxygens (including phenoxy) is 1. The van der Waals surface area contributed by atoms with Gasteiger partial charge in [0.2, 0.25) is 0 Å². The van der Waals surface area contributed by atoms with Crippen LogP contribution in [0.1, 0.15) is 28.5 Å². The van der Waals surface area contributed by atoms with Crippen molar-refractivity contribution in [2.24, 2.45) is 0 Å². The molecule has 0 spiro atoms. The zero-order valence-corrected chi connectivity index (χ0v) is 10.8. The standard InChI is InChI=1S/C15H17NO2/c1-10-6-7-11(2)12(9-10)15(17)14-13(18-3)5-4-8-16-14/h4-9,15,17H,1-3H3. The summed E-state index contributed by atoms with van der Waals surface area (Å²) in [7, 11) is 1.58. The molecule has 3 nitrogen and oxygen atoms in total. The van der Waals surface area contributed by atoms with Crippen LogP contribution in [0.4, 0.5) is 0 Å². The van der Waals surface area contributed by atoms with Gasteiger partial charge in [-0.2, -0.15) is 0 Å². The molecule has 0 radical (unpaired) electrons. The Bertz CT molecular complexity index is 552. The molecular weight excluding hydrogens is 226 g/mol. The number of methoxy groups -OCH3 is 1. The topological polar surface area (TPSA) is 42.4 Å². The van der Waals surface area contributed by atoms with Crippen molar-refractivity contribution in [3.05, 3.63) is 58.9 Å². The number of nitrogens with zero attached hydrogens (tertiary/aromatic N) is 1. The molecule has 2 aromatic rings. The van der Waals surface area contributed by atoms with Gasteiger partial charge in [0.15, 0.2) is 0 Å². The third-order valence-corrected chi connectivity index (χ3v) is 3.01. The van der Waals surface area contributed by atoms with E-state index in [1.54, 1.807) is 25.4 Å². The van der Waals surface area contributed by atoms with Gasteiger partial charge in [0.1, 0.15) is 17.5 Å². The minimum absolute atomic E-state index is 0.550. The van der Waals surface area contributed by atoms with Gasteiger partial charge in [-0.15, -0.1) is 0 Å². The van der Waals surface area contributed by atoms with Crippen molar-refractivity contribution in [3.8, 4) is 5.75 Å². The lowest BCUT2D eigenvalue weighted by molar-refractivity contribution is 0.208. The van der Waals surface area contributed by atoms with Crippen molar-refractivity contribution in [3.63, 3.8) is 0 Å². The Morgan fingerprint density at radius 1 is 1.22 bits per heavy atom. The van der Waals surface area contributed by atoms with Crippen LogP contribution in [0.15, 0.2) is 36.5 Å². The second-order valence-electron chi connectivity index (χ2n) is 4.35. The second kappa shape index (κ2) is 5.19. The van der Waals surface area contributed by atoms with Crippen LogP contribution >= 0.6 is 0 Å². The van der Waals surface area contributed by atoms with Gasteiger partial charge >= 0.3 is 0 Å². The average Bonchev–Trinajstić information content (AvgIpc) is 2.40. The van der Waals surface area contributed by atoms with Gasteiger partial charge in [-0.3, -0.25) is 4.98 Å². The van der Waals surface area contributed by atoms with E-state index in [0.717, 1.165) is 16.7 Å². The molecule has 0 aliphatic rings. The Kier molecular flexibility index (Phi) is 3.63. The molecule has 2 rings (SSSR count). The number of aliphatic hydroxyl groups is 1. The fraction of sp³-hybridized carbons (Fsp3) is 0.267. The number of pyridine rings is 1. The van der Waals surface area contributed by atoms with Crippen molar-refractivity contribution in [2.45, 2.75) is 20.0 Å². The molecule has 0 fully saturated rings. The first-order valence-corrected chi connectivity index (χ1v) is 5.87. The fourth-order valence-electron chi connectivity index (χ4n) is 1.98. The van der Waals surface area contributed by atoms with E-state index in [0.29, 0.717) is 11.4 Å². The normalized spacial score (nSPS) is 12.2. The van der Waals surface area contributed by atoms with Crippen LogP contribution in [0, 0.1) is 13.8 Å². The van der Waals surface area contributed by atoms with E-state index < -0.39 is 6.10 Å². The number of hydrogen-bond acceptors (Lipinski definition) is 3. The van der Waals surface area contributed by atoms with Gasteiger partial charge in [-0.05, 0) is 37.1 Å². The molecule has 0 saturated carbocycles. The maximum Gasteiger partial charge on any atom is 0.143 e. The van der Waals surface area contributed by atoms with Crippen LogP contribution in [-0.4, -0.2) is 17.2 Å². The predicted molar refractivity (Wildman–Crippen MR) is 70.8 cm³/mol. The van der Waals surface area contributed by atoms with Gasteiger partial charge in [0, 0.05) is 6.20 Å². The fourth-order valence-corrected chi connectivity index (χ4v) is 1.98. The third kappa shape index (κ3) is 2.36. The first kappa shape index (κ1) is 12.6. The molecule has 1 unspecified atom stereocenters. The monoisotopic (exact) mass is 243 g/mol. The molecular formula is C15H17NO2. The second-order valence-corrected chi connectivity index (χ2v) is 4.35. The van der Waals surface area contributed by atoms with Crippen LogP contribution in [0.3, 0.4) is 0 Å². The van der Waals surface area contributed by atoms with Crippen LogP contribution in [0.25, 0.3) is 0 Å². The molecule has 0 saturated heterocycles. The zero-order chi connectivity index (χ0) is 13.1. The predicted octanol–water partition coefficient (Wildman–Crippen LogP) is 2.79. The maximum atomic E-state index is 10.5. The summed E-state index contributed by atoms with van der Waals surface area (Å²) < 4.78 is 5.24. The summed E-state index contributed by atoms with van der Waals surface area (Å²) in [6.07, 6.45) is 0.896. The van der Waals surface area contributed by atoms with E-state index in [4.69, 9.17) is 4.74 Å². The van der Waals surface area contributed by atoms with Crippen molar-refractivity contribution < 1.29 is 9.84 Å². The Labute approximate surface area is 107 Å². The van der Waals surface area contributed by atoms with Crippen molar-refractivity contribution in [1.29, 1.82) is 0 Å². The molecule has 94 valence electrons. The Hall–Kier alpha value is -1.87. The van der Waals surface area contributed by atoms with Gasteiger partial charge < -0.3 is 9.84 Å². The number of aromatic nitrogens is 1. The highest BCUT2D eigenvalue weighted by molar-refractivity contribution is 5.40. The molecule has 1 heterocycles. The summed E-state index contributed by atoms with van der Waals surface area (Å²) in [6, 6.07) is 9.60. The number of rotatable bonds is 3. The largest absolute Gasteiger partial charge is 0.495 e. The molecule has 1 aromatic carbocycles. The molecule has 1 atom stereocenters. The highest BCUT2D eigenvalue weighted by Crippen LogP contribution is 2.29. The molecule has 0 bridgehead atoms. The SMILES string of the molecule is COc1cccnc1C(O)c1cc(C)ccc1C. The lowest BCUT2D eigenvalue weighted by atomic mass is 9.98. The molecule has 18 heavy (non-hydrogen) atoms. The lowest BCUT2D eigenvalue weighted by Gasteiger charge is -2.16. The van der Waals surface area contributed by atoms with E-state index in [9.17, 15) is 5.11 Å². The Morgan fingerprint density at radius 2 is 2.00 bits per heavy atom. The summed E-state index contributed by atoms with van der Waals surface area (Å²) in [5.74, 6) is 0.603. The summed E-state index contributed by atoms with van der Waals surface area (Å²) >= 11 is 0. The first-order chi connectivity index (χ1) is 8.63. The van der Waals surface area contributed by atoms with E-state index in [2.05, 4.69) is 4.98 Å². The highest BCUT2D eigenvalue weighted by Gasteiger charge is 2.18. The molecule has 3 heteroatoms. The minimum atomic E-state index is -0.763. The first-order valence-electron chi connectivity index (χ1n) is 5.87. The average molecular weight is 243 g/mol. The maximum absolute atomic E-state index is 10.5. The summed E-state index contributed by atoms with van der Waals surface area (Å²) in [4.78, 5) is 4.22.